The van der Waals surface area contributed by atoms with Gasteiger partial charge in [0.2, 0.25) is 0 Å². The second-order valence-corrected chi connectivity index (χ2v) is 7.65. The highest BCUT2D eigenvalue weighted by Crippen LogP contribution is 2.26. The van der Waals surface area contributed by atoms with Crippen molar-refractivity contribution < 1.29 is 13.9 Å². The van der Waals surface area contributed by atoms with Crippen LogP contribution in [0.2, 0.25) is 0 Å². The smallest absolute Gasteiger partial charge is 0.336 e. The van der Waals surface area contributed by atoms with Gasteiger partial charge in [0.1, 0.15) is 11.3 Å². The molecule has 1 amide bonds. The van der Waals surface area contributed by atoms with E-state index in [4.69, 9.17) is 9.15 Å². The van der Waals surface area contributed by atoms with Crippen molar-refractivity contribution in [1.82, 2.24) is 5.32 Å². The van der Waals surface area contributed by atoms with Crippen LogP contribution in [0.25, 0.3) is 11.0 Å². The molecule has 0 aliphatic heterocycles. The number of hydrogen-bond donors (Lipinski definition) is 1. The highest BCUT2D eigenvalue weighted by Gasteiger charge is 2.18. The van der Waals surface area contributed by atoms with Crippen LogP contribution in [0.3, 0.4) is 0 Å². The molecule has 2 aromatic heterocycles. The number of thiophene rings is 1. The molecular formula is C23H19NO4S. The Kier molecular flexibility index (Phi) is 5.44. The van der Waals surface area contributed by atoms with Gasteiger partial charge in [-0.1, -0.05) is 35.9 Å². The normalized spacial score (nSPS) is 11.9. The number of aryl methyl sites for hydroxylation is 1. The highest BCUT2D eigenvalue weighted by atomic mass is 32.1. The molecule has 1 atom stereocenters. The average molecular weight is 405 g/mol. The van der Waals surface area contributed by atoms with E-state index in [9.17, 15) is 9.59 Å². The molecule has 0 radical (unpaired) electrons. The molecule has 5 nitrogen and oxygen atoms in total. The summed E-state index contributed by atoms with van der Waals surface area (Å²) in [6.45, 7) is 1.89. The fourth-order valence-corrected chi connectivity index (χ4v) is 3.82. The Labute approximate surface area is 171 Å². The Morgan fingerprint density at radius 2 is 1.90 bits per heavy atom. The lowest BCUT2D eigenvalue weighted by Crippen LogP contribution is -2.32. The van der Waals surface area contributed by atoms with Crippen LogP contribution in [0.4, 0.5) is 0 Å². The summed E-state index contributed by atoms with van der Waals surface area (Å²) >= 11 is 1.59. The van der Waals surface area contributed by atoms with Crippen molar-refractivity contribution in [3.63, 3.8) is 0 Å². The Bertz CT molecular complexity index is 1180. The molecule has 2 heterocycles. The molecule has 0 bridgehead atoms. The fourth-order valence-electron chi connectivity index (χ4n) is 3.02. The second-order valence-electron chi connectivity index (χ2n) is 6.67. The molecule has 4 aromatic rings. The van der Waals surface area contributed by atoms with Crippen LogP contribution in [0.1, 0.15) is 22.0 Å². The molecule has 1 N–H and O–H groups in total. The largest absolute Gasteiger partial charge is 0.484 e. The van der Waals surface area contributed by atoms with Gasteiger partial charge in [-0.15, -0.1) is 11.3 Å². The van der Waals surface area contributed by atoms with Crippen molar-refractivity contribution in [2.24, 2.45) is 0 Å². The summed E-state index contributed by atoms with van der Waals surface area (Å²) < 4.78 is 10.8. The van der Waals surface area contributed by atoms with Crippen molar-refractivity contribution in [2.45, 2.75) is 13.0 Å². The summed E-state index contributed by atoms with van der Waals surface area (Å²) in [5, 5.41) is 5.82. The van der Waals surface area contributed by atoms with Crippen LogP contribution in [0.5, 0.6) is 5.75 Å². The Morgan fingerprint density at radius 1 is 1.10 bits per heavy atom. The topological polar surface area (TPSA) is 68.5 Å². The van der Waals surface area contributed by atoms with Crippen LogP contribution < -0.4 is 15.7 Å². The van der Waals surface area contributed by atoms with Gasteiger partial charge >= 0.3 is 5.63 Å². The highest BCUT2D eigenvalue weighted by molar-refractivity contribution is 7.10. The minimum Gasteiger partial charge on any atom is -0.484 e. The monoisotopic (exact) mass is 405 g/mol. The third kappa shape index (κ3) is 4.55. The summed E-state index contributed by atoms with van der Waals surface area (Å²) in [7, 11) is 0. The maximum atomic E-state index is 12.6. The lowest BCUT2D eigenvalue weighted by atomic mass is 10.0. The lowest BCUT2D eigenvalue weighted by Gasteiger charge is -2.18. The number of benzene rings is 2. The molecule has 29 heavy (non-hydrogen) atoms. The summed E-state index contributed by atoms with van der Waals surface area (Å²) in [4.78, 5) is 25.0. The van der Waals surface area contributed by atoms with E-state index in [1.165, 1.54) is 6.07 Å². The predicted molar refractivity (Wildman–Crippen MR) is 113 cm³/mol. The summed E-state index contributed by atoms with van der Waals surface area (Å²) in [5.74, 6) is 0.226. The molecule has 4 rings (SSSR count). The van der Waals surface area contributed by atoms with Gasteiger partial charge in [0.05, 0.1) is 6.04 Å². The SMILES string of the molecule is Cc1ccc([C@H](NC(=O)COc2ccc3ccc(=O)oc3c2)c2cccs2)cc1. The summed E-state index contributed by atoms with van der Waals surface area (Å²) in [6.07, 6.45) is 0. The van der Waals surface area contributed by atoms with Crippen molar-refractivity contribution in [3.8, 4) is 5.75 Å². The predicted octanol–water partition coefficient (Wildman–Crippen LogP) is 4.45. The molecule has 0 aliphatic rings. The van der Waals surface area contributed by atoms with Crippen LogP contribution in [0, 0.1) is 6.92 Å². The van der Waals surface area contributed by atoms with Crippen LogP contribution in [-0.2, 0) is 4.79 Å². The molecule has 0 spiro atoms. The summed E-state index contributed by atoms with van der Waals surface area (Å²) in [5.41, 5.74) is 2.17. The first-order valence-electron chi connectivity index (χ1n) is 9.14. The first-order chi connectivity index (χ1) is 14.1. The average Bonchev–Trinajstić information content (AvgIpc) is 3.25. The van der Waals surface area contributed by atoms with Crippen molar-refractivity contribution >= 4 is 28.2 Å². The van der Waals surface area contributed by atoms with Gasteiger partial charge in [0.25, 0.3) is 5.91 Å². The van der Waals surface area contributed by atoms with Crippen molar-refractivity contribution in [2.75, 3.05) is 6.61 Å². The number of hydrogen-bond acceptors (Lipinski definition) is 5. The lowest BCUT2D eigenvalue weighted by molar-refractivity contribution is -0.123. The van der Waals surface area contributed by atoms with E-state index < -0.39 is 5.63 Å². The van der Waals surface area contributed by atoms with Gasteiger partial charge in [-0.25, -0.2) is 4.79 Å². The zero-order valence-corrected chi connectivity index (χ0v) is 16.6. The number of ether oxygens (including phenoxy) is 1. The van der Waals surface area contributed by atoms with Gasteiger partial charge in [-0.05, 0) is 42.1 Å². The summed E-state index contributed by atoms with van der Waals surface area (Å²) in [6, 6.07) is 20.0. The quantitative estimate of drug-likeness (QED) is 0.481. The molecule has 0 saturated heterocycles. The van der Waals surface area contributed by atoms with Crippen LogP contribution in [0.15, 0.2) is 81.3 Å². The van der Waals surface area contributed by atoms with Gasteiger partial charge in [0, 0.05) is 22.4 Å². The first kappa shape index (κ1) is 19.0. The van der Waals surface area contributed by atoms with E-state index in [0.29, 0.717) is 11.3 Å². The van der Waals surface area contributed by atoms with Crippen molar-refractivity contribution in [1.29, 1.82) is 0 Å². The zero-order chi connectivity index (χ0) is 20.2. The van der Waals surface area contributed by atoms with Gasteiger partial charge in [-0.3, -0.25) is 4.79 Å². The number of nitrogens with one attached hydrogen (secondary N) is 1. The molecule has 0 saturated carbocycles. The molecule has 0 unspecified atom stereocenters. The maximum absolute atomic E-state index is 12.6. The third-order valence-electron chi connectivity index (χ3n) is 4.51. The van der Waals surface area contributed by atoms with E-state index in [0.717, 1.165) is 21.4 Å². The second kappa shape index (κ2) is 8.32. The number of amides is 1. The van der Waals surface area contributed by atoms with Gasteiger partial charge in [0.15, 0.2) is 6.61 Å². The zero-order valence-electron chi connectivity index (χ0n) is 15.8. The molecule has 0 fully saturated rings. The van der Waals surface area contributed by atoms with Crippen LogP contribution >= 0.6 is 11.3 Å². The Hall–Kier alpha value is -3.38. The molecule has 146 valence electrons. The molecule has 0 aliphatic carbocycles. The number of carbonyl (C=O) groups is 1. The fraction of sp³-hybridized carbons (Fsp3) is 0.130. The Morgan fingerprint density at radius 3 is 2.66 bits per heavy atom. The molecule has 6 heteroatoms. The van der Waals surface area contributed by atoms with E-state index in [2.05, 4.69) is 5.32 Å². The first-order valence-corrected chi connectivity index (χ1v) is 10.0. The van der Waals surface area contributed by atoms with E-state index in [-0.39, 0.29) is 18.6 Å². The van der Waals surface area contributed by atoms with Crippen LogP contribution in [-0.4, -0.2) is 12.5 Å². The van der Waals surface area contributed by atoms with Crippen molar-refractivity contribution in [3.05, 3.63) is 98.5 Å². The standard InChI is InChI=1S/C23H19NO4S/c1-15-4-6-17(7-5-15)23(20-3-2-12-29-20)24-21(25)14-27-18-10-8-16-9-11-22(26)28-19(16)13-18/h2-13,23H,14H2,1H3,(H,24,25)/t23-/m0/s1. The Balaban J connectivity index is 1.47. The van der Waals surface area contributed by atoms with E-state index >= 15 is 0 Å². The van der Waals surface area contributed by atoms with Gasteiger partial charge in [-0.2, -0.15) is 0 Å². The van der Waals surface area contributed by atoms with E-state index in [1.54, 1.807) is 35.6 Å². The minimum atomic E-state index is -0.427. The minimum absolute atomic E-state index is 0.143. The number of carbonyl (C=O) groups excluding carboxylic acids is 1. The molecular weight excluding hydrogens is 386 g/mol. The third-order valence-corrected chi connectivity index (χ3v) is 5.45. The molecule has 2 aromatic carbocycles. The van der Waals surface area contributed by atoms with Gasteiger partial charge < -0.3 is 14.5 Å². The van der Waals surface area contributed by atoms with E-state index in [1.807, 2.05) is 48.7 Å². The number of fused-ring (bicyclic) bond motifs is 1. The number of rotatable bonds is 6. The maximum Gasteiger partial charge on any atom is 0.336 e.